The third-order valence-electron chi connectivity index (χ3n) is 6.31. The molecule has 4 rings (SSSR count). The highest BCUT2D eigenvalue weighted by Gasteiger charge is 2.47. The molecule has 0 radical (unpaired) electrons. The molecule has 2 N–H and O–H groups in total. The summed E-state index contributed by atoms with van der Waals surface area (Å²) in [6.45, 7) is 5.76. The second-order valence-electron chi connectivity index (χ2n) is 8.50. The number of aliphatic hydroxyl groups is 1. The van der Waals surface area contributed by atoms with Crippen LogP contribution in [0.3, 0.4) is 0 Å². The van der Waals surface area contributed by atoms with Gasteiger partial charge < -0.3 is 5.11 Å². The molecule has 1 saturated carbocycles. The van der Waals surface area contributed by atoms with Gasteiger partial charge in [0.25, 0.3) is 0 Å². The van der Waals surface area contributed by atoms with Gasteiger partial charge in [0.05, 0.1) is 5.41 Å². The first-order valence-corrected chi connectivity index (χ1v) is 9.88. The third kappa shape index (κ3) is 3.35. The van der Waals surface area contributed by atoms with Crippen LogP contribution in [-0.4, -0.2) is 21.9 Å². The zero-order chi connectivity index (χ0) is 20.1. The predicted molar refractivity (Wildman–Crippen MR) is 106 cm³/mol. The van der Waals surface area contributed by atoms with Crippen molar-refractivity contribution < 1.29 is 14.7 Å². The topological polar surface area (TPSA) is 79.3 Å². The van der Waals surface area contributed by atoms with E-state index in [0.29, 0.717) is 5.92 Å². The summed E-state index contributed by atoms with van der Waals surface area (Å²) in [4.78, 5) is 28.5. The van der Waals surface area contributed by atoms with E-state index < -0.39 is 11.5 Å². The number of aryl methyl sites for hydroxylation is 1. The minimum absolute atomic E-state index is 0.102. The summed E-state index contributed by atoms with van der Waals surface area (Å²) in [5.41, 5.74) is 3.91. The maximum Gasteiger partial charge on any atom is 0.233 e. The summed E-state index contributed by atoms with van der Waals surface area (Å²) < 4.78 is 0. The van der Waals surface area contributed by atoms with E-state index in [1.54, 1.807) is 0 Å². The van der Waals surface area contributed by atoms with E-state index in [4.69, 9.17) is 0 Å². The van der Waals surface area contributed by atoms with E-state index in [0.717, 1.165) is 28.1 Å². The van der Waals surface area contributed by atoms with Crippen LogP contribution in [0.25, 0.3) is 0 Å². The van der Waals surface area contributed by atoms with Crippen LogP contribution >= 0.6 is 0 Å². The molecule has 1 aliphatic carbocycles. The van der Waals surface area contributed by atoms with Crippen LogP contribution in [0.5, 0.6) is 0 Å². The van der Waals surface area contributed by atoms with Crippen LogP contribution in [-0.2, 0) is 9.59 Å². The molecular formula is C23H26N2O3. The van der Waals surface area contributed by atoms with Gasteiger partial charge in [-0.3, -0.25) is 19.9 Å². The number of hydrogen-bond acceptors (Lipinski definition) is 4. The average molecular weight is 378 g/mol. The summed E-state index contributed by atoms with van der Waals surface area (Å²) >= 11 is 0. The number of carbonyl (C=O) groups excluding carboxylic acids is 2. The fraction of sp³-hybridized carbons (Fsp3) is 0.435. The number of pyridine rings is 1. The summed E-state index contributed by atoms with van der Waals surface area (Å²) in [7, 11) is 0. The largest absolute Gasteiger partial charge is 0.384 e. The van der Waals surface area contributed by atoms with Gasteiger partial charge in [0.15, 0.2) is 0 Å². The number of imide groups is 1. The summed E-state index contributed by atoms with van der Waals surface area (Å²) in [6.07, 6.45) is 1.84. The van der Waals surface area contributed by atoms with Crippen molar-refractivity contribution in [2.24, 2.45) is 5.41 Å². The van der Waals surface area contributed by atoms with Gasteiger partial charge in [-0.2, -0.15) is 0 Å². The first-order valence-electron chi connectivity index (χ1n) is 9.88. The Morgan fingerprint density at radius 1 is 1.11 bits per heavy atom. The van der Waals surface area contributed by atoms with Crippen molar-refractivity contribution in [3.8, 4) is 0 Å². The molecule has 2 aromatic rings. The molecule has 2 aliphatic rings. The molecule has 0 spiro atoms. The quantitative estimate of drug-likeness (QED) is 0.781. The Balaban J connectivity index is 1.56. The molecule has 0 bridgehead atoms. The van der Waals surface area contributed by atoms with Gasteiger partial charge in [0.1, 0.15) is 6.10 Å². The molecule has 1 saturated heterocycles. The maximum absolute atomic E-state index is 12.2. The minimum Gasteiger partial charge on any atom is -0.384 e. The number of hydrogen-bond donors (Lipinski definition) is 2. The Kier molecular flexibility index (Phi) is 4.58. The van der Waals surface area contributed by atoms with E-state index >= 15 is 0 Å². The molecular weight excluding hydrogens is 352 g/mol. The van der Waals surface area contributed by atoms with Crippen molar-refractivity contribution in [1.29, 1.82) is 0 Å². The Labute approximate surface area is 165 Å². The fourth-order valence-electron chi connectivity index (χ4n) is 4.07. The molecule has 146 valence electrons. The maximum atomic E-state index is 12.2. The van der Waals surface area contributed by atoms with Crippen molar-refractivity contribution in [1.82, 2.24) is 10.3 Å². The highest BCUT2D eigenvalue weighted by Crippen LogP contribution is 2.42. The number of benzene rings is 1. The highest BCUT2D eigenvalue weighted by molar-refractivity contribution is 6.06. The van der Waals surface area contributed by atoms with Crippen LogP contribution in [0.2, 0.25) is 0 Å². The lowest BCUT2D eigenvalue weighted by molar-refractivity contribution is -0.128. The van der Waals surface area contributed by atoms with Crippen molar-refractivity contribution in [2.75, 3.05) is 0 Å². The standard InChI is InChI=1S/C23H26N2O3/c1-13-10-18(11-19(24-13)16-6-7-16)21(27)17-8-4-15(5-9-17)14(2)23(3)12-20(26)25-22(23)28/h4-5,8-11,14,16,21,27H,6-7,12H2,1-3H3,(H,25,26,28)/t14-,21?,23+/m1/s1. The summed E-state index contributed by atoms with van der Waals surface area (Å²) in [6, 6.07) is 11.6. The van der Waals surface area contributed by atoms with E-state index in [2.05, 4.69) is 10.3 Å². The number of carbonyl (C=O) groups is 2. The van der Waals surface area contributed by atoms with Crippen LogP contribution in [0, 0.1) is 12.3 Å². The fourth-order valence-corrected chi connectivity index (χ4v) is 4.07. The van der Waals surface area contributed by atoms with E-state index in [1.165, 1.54) is 12.8 Å². The van der Waals surface area contributed by atoms with Crippen molar-refractivity contribution in [3.63, 3.8) is 0 Å². The molecule has 1 aromatic heterocycles. The normalized spacial score (nSPS) is 24.1. The van der Waals surface area contributed by atoms with Gasteiger partial charge in [-0.15, -0.1) is 0 Å². The number of rotatable bonds is 5. The molecule has 2 heterocycles. The minimum atomic E-state index is -0.738. The van der Waals surface area contributed by atoms with Crippen LogP contribution in [0.15, 0.2) is 36.4 Å². The highest BCUT2D eigenvalue weighted by atomic mass is 16.3. The second-order valence-corrected chi connectivity index (χ2v) is 8.50. The molecule has 28 heavy (non-hydrogen) atoms. The van der Waals surface area contributed by atoms with Gasteiger partial charge >= 0.3 is 0 Å². The smallest absolute Gasteiger partial charge is 0.233 e. The number of aromatic nitrogens is 1. The predicted octanol–water partition coefficient (Wildman–Crippen LogP) is 3.51. The van der Waals surface area contributed by atoms with E-state index in [1.807, 2.05) is 57.2 Å². The SMILES string of the molecule is Cc1cc(C(O)c2ccc([C@@H](C)[C@]3(C)CC(=O)NC3=O)cc2)cc(C2CC2)n1. The number of nitrogens with one attached hydrogen (secondary N) is 1. The zero-order valence-electron chi connectivity index (χ0n) is 16.5. The van der Waals surface area contributed by atoms with Crippen LogP contribution < -0.4 is 5.32 Å². The van der Waals surface area contributed by atoms with E-state index in [9.17, 15) is 14.7 Å². The molecule has 1 unspecified atom stereocenters. The molecule has 2 fully saturated rings. The van der Waals surface area contributed by atoms with Crippen molar-refractivity contribution >= 4 is 11.8 Å². The van der Waals surface area contributed by atoms with Crippen LogP contribution in [0.4, 0.5) is 0 Å². The Morgan fingerprint density at radius 2 is 1.75 bits per heavy atom. The van der Waals surface area contributed by atoms with Gasteiger partial charge in [-0.1, -0.05) is 31.2 Å². The summed E-state index contributed by atoms with van der Waals surface area (Å²) in [5.74, 6) is 0.00441. The Morgan fingerprint density at radius 3 is 2.32 bits per heavy atom. The first-order chi connectivity index (χ1) is 13.3. The monoisotopic (exact) mass is 378 g/mol. The second kappa shape index (κ2) is 6.82. The van der Waals surface area contributed by atoms with Crippen LogP contribution in [0.1, 0.15) is 79.1 Å². The Hall–Kier alpha value is -2.53. The van der Waals surface area contributed by atoms with Crippen molar-refractivity contribution in [2.45, 2.75) is 58.0 Å². The number of amides is 2. The molecule has 2 amide bonds. The Bertz CT molecular complexity index is 933. The molecule has 5 heteroatoms. The van der Waals surface area contributed by atoms with Gasteiger partial charge in [-0.25, -0.2) is 0 Å². The number of nitrogens with zero attached hydrogens (tertiary/aromatic N) is 1. The molecule has 3 atom stereocenters. The average Bonchev–Trinajstić information content (AvgIpc) is 3.47. The van der Waals surface area contributed by atoms with Crippen molar-refractivity contribution in [3.05, 3.63) is 64.5 Å². The molecule has 5 nitrogen and oxygen atoms in total. The number of aliphatic hydroxyl groups excluding tert-OH is 1. The van der Waals surface area contributed by atoms with Gasteiger partial charge in [-0.05, 0) is 61.4 Å². The lowest BCUT2D eigenvalue weighted by Crippen LogP contribution is -2.33. The lowest BCUT2D eigenvalue weighted by atomic mass is 9.73. The van der Waals surface area contributed by atoms with Gasteiger partial charge in [0, 0.05) is 23.7 Å². The van der Waals surface area contributed by atoms with E-state index in [-0.39, 0.29) is 24.2 Å². The zero-order valence-corrected chi connectivity index (χ0v) is 16.5. The lowest BCUT2D eigenvalue weighted by Gasteiger charge is -2.28. The summed E-state index contributed by atoms with van der Waals surface area (Å²) in [5, 5.41) is 13.3. The molecule has 1 aromatic carbocycles. The van der Waals surface area contributed by atoms with Gasteiger partial charge in [0.2, 0.25) is 11.8 Å². The molecule has 1 aliphatic heterocycles. The third-order valence-corrected chi connectivity index (χ3v) is 6.31. The first kappa shape index (κ1) is 18.8.